The molecule has 12 heteroatoms. The fourth-order valence-electron chi connectivity index (χ4n) is 7.88. The van der Waals surface area contributed by atoms with Gasteiger partial charge in [-0.25, -0.2) is 4.98 Å². The molecule has 0 bridgehead atoms. The summed E-state index contributed by atoms with van der Waals surface area (Å²) in [6, 6.07) is 13.8. The van der Waals surface area contributed by atoms with Crippen molar-refractivity contribution in [1.29, 1.82) is 0 Å². The van der Waals surface area contributed by atoms with Crippen LogP contribution in [0.2, 0.25) is 0 Å². The number of carbonyl (C=O) groups is 4. The van der Waals surface area contributed by atoms with Crippen LogP contribution in [0.15, 0.2) is 59.1 Å². The molecule has 2 N–H and O–H groups in total. The molecule has 4 saturated heterocycles. The van der Waals surface area contributed by atoms with Crippen molar-refractivity contribution in [2.24, 2.45) is 0 Å². The molecule has 0 saturated carbocycles. The van der Waals surface area contributed by atoms with Crippen molar-refractivity contribution in [2.75, 3.05) is 63.0 Å². The third-order valence-corrected chi connectivity index (χ3v) is 10.7. The lowest BCUT2D eigenvalue weighted by atomic mass is 10.1. The molecule has 12 nitrogen and oxygen atoms in total. The monoisotopic (exact) mass is 695 g/mol. The molecule has 0 spiro atoms. The maximum Gasteiger partial charge on any atom is 0.247 e. The smallest absolute Gasteiger partial charge is 0.247 e. The average Bonchev–Trinajstić information content (AvgIpc) is 3.95. The topological polar surface area (TPSA) is 131 Å². The molecule has 4 amide bonds. The van der Waals surface area contributed by atoms with Gasteiger partial charge in [0, 0.05) is 35.6 Å². The Labute approximate surface area is 299 Å². The lowest BCUT2D eigenvalue weighted by Crippen LogP contribution is -2.48. The number of rotatable bonds is 10. The first-order valence-corrected chi connectivity index (χ1v) is 18.7. The molecule has 0 radical (unpaired) electrons. The van der Waals surface area contributed by atoms with Crippen molar-refractivity contribution in [2.45, 2.75) is 76.3 Å². The van der Waals surface area contributed by atoms with Crippen LogP contribution in [0.25, 0.3) is 22.8 Å². The molecule has 7 rings (SSSR count). The minimum atomic E-state index is -0.452. The van der Waals surface area contributed by atoms with E-state index < -0.39 is 12.1 Å². The van der Waals surface area contributed by atoms with Gasteiger partial charge in [0.05, 0.1) is 19.3 Å². The Bertz CT molecular complexity index is 1560. The van der Waals surface area contributed by atoms with Crippen molar-refractivity contribution in [3.05, 3.63) is 54.7 Å². The second-order valence-electron chi connectivity index (χ2n) is 14.3. The summed E-state index contributed by atoms with van der Waals surface area (Å²) in [6.45, 7) is 5.81. The highest BCUT2D eigenvalue weighted by molar-refractivity contribution is 5.98. The second kappa shape index (κ2) is 16.2. The quantitative estimate of drug-likeness (QED) is 0.308. The molecule has 4 aliphatic rings. The molecular weight excluding hydrogens is 646 g/mol. The maximum absolute atomic E-state index is 13.2. The van der Waals surface area contributed by atoms with Crippen LogP contribution in [0.3, 0.4) is 0 Å². The Morgan fingerprint density at radius 2 is 1.04 bits per heavy atom. The van der Waals surface area contributed by atoms with E-state index in [0.717, 1.165) is 75.8 Å². The van der Waals surface area contributed by atoms with E-state index in [1.54, 1.807) is 16.0 Å². The van der Waals surface area contributed by atoms with E-state index in [4.69, 9.17) is 4.42 Å². The van der Waals surface area contributed by atoms with Crippen LogP contribution >= 0.6 is 0 Å². The van der Waals surface area contributed by atoms with E-state index in [0.29, 0.717) is 62.0 Å². The molecule has 5 heterocycles. The van der Waals surface area contributed by atoms with Crippen LogP contribution in [0.4, 0.5) is 11.4 Å². The molecule has 0 unspecified atom stereocenters. The molecular formula is C39H49N7O5. The van der Waals surface area contributed by atoms with Crippen LogP contribution in [0, 0.1) is 0 Å². The van der Waals surface area contributed by atoms with Crippen LogP contribution < -0.4 is 10.6 Å². The number of hydrogen-bond donors (Lipinski definition) is 2. The zero-order valence-corrected chi connectivity index (χ0v) is 29.4. The highest BCUT2D eigenvalue weighted by atomic mass is 16.4. The Morgan fingerprint density at radius 3 is 1.51 bits per heavy atom. The summed E-state index contributed by atoms with van der Waals surface area (Å²) >= 11 is 0. The number of piperidine rings is 2. The van der Waals surface area contributed by atoms with Gasteiger partial charge in [-0.05, 0) is 126 Å². The van der Waals surface area contributed by atoms with Crippen molar-refractivity contribution in [1.82, 2.24) is 24.6 Å². The lowest BCUT2D eigenvalue weighted by Gasteiger charge is -2.30. The maximum atomic E-state index is 13.2. The van der Waals surface area contributed by atoms with Gasteiger partial charge >= 0.3 is 0 Å². The number of amides is 4. The number of carbonyl (C=O) groups excluding carboxylic acids is 4. The highest BCUT2D eigenvalue weighted by Crippen LogP contribution is 2.29. The average molecular weight is 696 g/mol. The van der Waals surface area contributed by atoms with E-state index >= 15 is 0 Å². The second-order valence-corrected chi connectivity index (χ2v) is 14.3. The molecule has 2 atom stereocenters. The number of anilines is 2. The minimum absolute atomic E-state index is 0.0379. The zero-order valence-electron chi connectivity index (χ0n) is 29.4. The summed E-state index contributed by atoms with van der Waals surface area (Å²) in [5.41, 5.74) is 2.88. The highest BCUT2D eigenvalue weighted by Gasteiger charge is 2.36. The molecule has 4 aliphatic heterocycles. The fraction of sp³-hybridized carbons (Fsp3) is 0.513. The van der Waals surface area contributed by atoms with Gasteiger partial charge in [0.1, 0.15) is 12.1 Å². The van der Waals surface area contributed by atoms with Crippen molar-refractivity contribution in [3.8, 4) is 22.8 Å². The van der Waals surface area contributed by atoms with Crippen molar-refractivity contribution in [3.63, 3.8) is 0 Å². The van der Waals surface area contributed by atoms with Gasteiger partial charge in [0.15, 0.2) is 5.76 Å². The van der Waals surface area contributed by atoms with Crippen molar-refractivity contribution < 1.29 is 23.6 Å². The van der Waals surface area contributed by atoms with E-state index in [1.807, 2.05) is 48.5 Å². The van der Waals surface area contributed by atoms with Crippen LogP contribution in [-0.2, 0) is 19.2 Å². The first kappa shape index (κ1) is 34.9. The molecule has 3 aromatic rings. The predicted octanol–water partition coefficient (Wildman–Crippen LogP) is 4.84. The van der Waals surface area contributed by atoms with E-state index in [1.165, 1.54) is 12.8 Å². The van der Waals surface area contributed by atoms with Crippen molar-refractivity contribution >= 4 is 35.0 Å². The van der Waals surface area contributed by atoms with E-state index in [9.17, 15) is 19.2 Å². The van der Waals surface area contributed by atoms with Gasteiger partial charge < -0.3 is 24.9 Å². The normalized spacial score (nSPS) is 21.5. The molecule has 2 aromatic carbocycles. The number of nitrogens with one attached hydrogen (secondary N) is 2. The number of oxazole rings is 1. The number of hydrogen-bond acceptors (Lipinski definition) is 8. The van der Waals surface area contributed by atoms with Gasteiger partial charge in [-0.1, -0.05) is 12.8 Å². The predicted molar refractivity (Wildman–Crippen MR) is 195 cm³/mol. The van der Waals surface area contributed by atoms with Gasteiger partial charge in [-0.15, -0.1) is 0 Å². The molecule has 270 valence electrons. The summed E-state index contributed by atoms with van der Waals surface area (Å²) in [5, 5.41) is 5.99. The molecule has 51 heavy (non-hydrogen) atoms. The van der Waals surface area contributed by atoms with E-state index in [-0.39, 0.29) is 23.6 Å². The molecule has 0 aliphatic carbocycles. The summed E-state index contributed by atoms with van der Waals surface area (Å²) in [4.78, 5) is 64.9. The number of benzene rings is 2. The minimum Gasteiger partial charge on any atom is -0.436 e. The van der Waals surface area contributed by atoms with Gasteiger partial charge in [0.2, 0.25) is 29.5 Å². The Morgan fingerprint density at radius 1 is 0.588 bits per heavy atom. The van der Waals surface area contributed by atoms with Gasteiger partial charge in [-0.2, -0.15) is 0 Å². The number of nitrogens with zero attached hydrogens (tertiary/aromatic N) is 5. The van der Waals surface area contributed by atoms with Gasteiger partial charge in [-0.3, -0.25) is 29.0 Å². The third-order valence-electron chi connectivity index (χ3n) is 10.7. The first-order valence-electron chi connectivity index (χ1n) is 18.7. The largest absolute Gasteiger partial charge is 0.436 e. The lowest BCUT2D eigenvalue weighted by molar-refractivity contribution is -0.137. The summed E-state index contributed by atoms with van der Waals surface area (Å²) in [5.74, 6) is 0.790. The SMILES string of the molecule is O=C(Nc1ccc(-c2cnc(-c3ccc(NC(=O)[C@@H]4CCCN4C(=O)CN4CCCCC4)cc3)o2)cc1)[C@@H]1CCCN1C(=O)CN1CCCCC1. The van der Waals surface area contributed by atoms with Crippen LogP contribution in [0.1, 0.15) is 64.2 Å². The standard InChI is InChI=1S/C39H49N7O5/c47-35(26-43-19-3-1-4-20-43)45-23-7-9-32(45)37(49)41-30-15-11-28(12-16-30)34-25-40-39(51-34)29-13-17-31(18-14-29)42-38(50)33-10-8-24-46(33)36(48)27-44-21-5-2-6-22-44/h11-18,25,32-33H,1-10,19-24,26-27H2,(H,41,49)(H,42,50)/t32-,33-/m0/s1. The van der Waals surface area contributed by atoms with Gasteiger partial charge in [0.25, 0.3) is 0 Å². The molecule has 4 fully saturated rings. The Kier molecular flexibility index (Phi) is 11.1. The Hall–Kier alpha value is -4.55. The number of aromatic nitrogens is 1. The van der Waals surface area contributed by atoms with Crippen LogP contribution in [-0.4, -0.2) is 113 Å². The first-order chi connectivity index (χ1) is 24.9. The molecule has 1 aromatic heterocycles. The van der Waals surface area contributed by atoms with E-state index in [2.05, 4.69) is 25.4 Å². The summed E-state index contributed by atoms with van der Waals surface area (Å²) < 4.78 is 6.08. The number of likely N-dealkylation sites (tertiary alicyclic amines) is 4. The van der Waals surface area contributed by atoms with Crippen LogP contribution in [0.5, 0.6) is 0 Å². The summed E-state index contributed by atoms with van der Waals surface area (Å²) in [6.07, 6.45) is 11.6. The third kappa shape index (κ3) is 8.50. The summed E-state index contributed by atoms with van der Waals surface area (Å²) in [7, 11) is 0. The zero-order chi connectivity index (χ0) is 35.2. The fourth-order valence-corrected chi connectivity index (χ4v) is 7.88. The Balaban J connectivity index is 0.910.